The number of likely N-dealkylation sites (tertiary alicyclic amines) is 1. The first-order chi connectivity index (χ1) is 16.2. The van der Waals surface area contributed by atoms with Crippen LogP contribution in [0.1, 0.15) is 37.7 Å². The van der Waals surface area contributed by atoms with Gasteiger partial charge >= 0.3 is 0 Å². The van der Waals surface area contributed by atoms with Crippen LogP contribution in [0.5, 0.6) is 0 Å². The third-order valence-electron chi connectivity index (χ3n) is 6.46. The maximum absolute atomic E-state index is 12.6. The fraction of sp³-hybridized carbons (Fsp3) is 0.458. The number of nitrogens with one attached hydrogen (secondary N) is 2. The topological polar surface area (TPSA) is 114 Å². The lowest BCUT2D eigenvalue weighted by Gasteiger charge is -2.30. The lowest BCUT2D eigenvalue weighted by molar-refractivity contribution is 0.221. The Bertz CT molecular complexity index is 1210. The van der Waals surface area contributed by atoms with Gasteiger partial charge in [0.05, 0.1) is 18.2 Å². The summed E-state index contributed by atoms with van der Waals surface area (Å²) in [5, 5.41) is 19.4. The molecule has 2 aliphatic rings. The van der Waals surface area contributed by atoms with E-state index in [2.05, 4.69) is 43.6 Å². The molecule has 2 saturated heterocycles. The molecule has 33 heavy (non-hydrogen) atoms. The van der Waals surface area contributed by atoms with Crippen LogP contribution < -0.4 is 15.8 Å². The van der Waals surface area contributed by atoms with Crippen LogP contribution in [-0.4, -0.2) is 51.2 Å². The van der Waals surface area contributed by atoms with Crippen LogP contribution in [-0.2, 0) is 6.54 Å². The highest BCUT2D eigenvalue weighted by molar-refractivity contribution is 5.90. The molecule has 170 valence electrons. The van der Waals surface area contributed by atoms with E-state index in [1.165, 1.54) is 24.8 Å². The quantitative estimate of drug-likeness (QED) is 0.617. The minimum atomic E-state index is -0.336. The molecule has 1 unspecified atom stereocenters. The summed E-state index contributed by atoms with van der Waals surface area (Å²) in [6.07, 6.45) is 7.22. The van der Waals surface area contributed by atoms with Gasteiger partial charge in [0.2, 0.25) is 5.95 Å². The van der Waals surface area contributed by atoms with Crippen molar-refractivity contribution in [2.75, 3.05) is 36.4 Å². The average molecular weight is 445 g/mol. The van der Waals surface area contributed by atoms with Gasteiger partial charge in [-0.25, -0.2) is 10.1 Å². The van der Waals surface area contributed by atoms with Gasteiger partial charge in [-0.2, -0.15) is 15.3 Å². The number of aromatic nitrogens is 4. The van der Waals surface area contributed by atoms with E-state index in [1.54, 1.807) is 6.20 Å². The van der Waals surface area contributed by atoms with Crippen LogP contribution >= 0.6 is 0 Å². The van der Waals surface area contributed by atoms with E-state index >= 15 is 0 Å². The molecule has 4 heterocycles. The summed E-state index contributed by atoms with van der Waals surface area (Å²) >= 11 is 0. The number of anilines is 3. The molecule has 0 aliphatic carbocycles. The van der Waals surface area contributed by atoms with Gasteiger partial charge in [0.1, 0.15) is 16.7 Å². The zero-order valence-electron chi connectivity index (χ0n) is 18.6. The zero-order chi connectivity index (χ0) is 22.6. The van der Waals surface area contributed by atoms with Crippen LogP contribution in [0.3, 0.4) is 0 Å². The predicted molar refractivity (Wildman–Crippen MR) is 127 cm³/mol. The van der Waals surface area contributed by atoms with Crippen LogP contribution in [0, 0.1) is 17.2 Å². The van der Waals surface area contributed by atoms with Crippen LogP contribution in [0.4, 0.5) is 17.5 Å². The van der Waals surface area contributed by atoms with Crippen molar-refractivity contribution in [3.8, 4) is 6.07 Å². The molecule has 2 aromatic heterocycles. The van der Waals surface area contributed by atoms with E-state index in [0.717, 1.165) is 44.7 Å². The molecular formula is C24H28N8O. The third-order valence-corrected chi connectivity index (χ3v) is 6.46. The fourth-order valence-electron chi connectivity index (χ4n) is 4.69. The molecule has 5 rings (SSSR count). The summed E-state index contributed by atoms with van der Waals surface area (Å²) in [4.78, 5) is 26.4. The van der Waals surface area contributed by atoms with E-state index < -0.39 is 0 Å². The highest BCUT2D eigenvalue weighted by Crippen LogP contribution is 2.26. The molecule has 0 amide bonds. The number of fused-ring (bicyclic) bond motifs is 1. The fourth-order valence-corrected chi connectivity index (χ4v) is 4.69. The summed E-state index contributed by atoms with van der Waals surface area (Å²) in [5.41, 5.74) is 2.27. The number of benzene rings is 1. The Balaban J connectivity index is 1.42. The number of hydrogen-bond acceptors (Lipinski definition) is 8. The van der Waals surface area contributed by atoms with Gasteiger partial charge in [-0.1, -0.05) is 18.6 Å². The SMILES string of the molecule is N#CC1CCCN(c2nc(Nc3ccc(CN4CCCCC4)cc3)c3c(=O)[nH]ncc3n2)C1. The van der Waals surface area contributed by atoms with Gasteiger partial charge in [0.25, 0.3) is 5.56 Å². The molecule has 2 aliphatic heterocycles. The Morgan fingerprint density at radius 2 is 1.91 bits per heavy atom. The summed E-state index contributed by atoms with van der Waals surface area (Å²) in [6, 6.07) is 10.6. The van der Waals surface area contributed by atoms with Crippen molar-refractivity contribution in [2.45, 2.75) is 38.6 Å². The zero-order valence-corrected chi connectivity index (χ0v) is 18.6. The normalized spacial score (nSPS) is 19.4. The average Bonchev–Trinajstić information content (AvgIpc) is 2.86. The molecule has 2 N–H and O–H groups in total. The minimum absolute atomic E-state index is 0.0424. The van der Waals surface area contributed by atoms with E-state index in [9.17, 15) is 10.1 Å². The molecule has 1 aromatic carbocycles. The van der Waals surface area contributed by atoms with Crippen molar-refractivity contribution < 1.29 is 0 Å². The third kappa shape index (κ3) is 4.81. The van der Waals surface area contributed by atoms with Gasteiger partial charge in [0, 0.05) is 25.3 Å². The number of nitrogens with zero attached hydrogens (tertiary/aromatic N) is 6. The number of aromatic amines is 1. The summed E-state index contributed by atoms with van der Waals surface area (Å²) in [7, 11) is 0. The number of hydrogen-bond donors (Lipinski definition) is 2. The number of piperidine rings is 2. The second kappa shape index (κ2) is 9.55. The summed E-state index contributed by atoms with van der Waals surface area (Å²) in [6.45, 7) is 4.65. The van der Waals surface area contributed by atoms with E-state index in [0.29, 0.717) is 29.2 Å². The Morgan fingerprint density at radius 3 is 2.70 bits per heavy atom. The monoisotopic (exact) mass is 444 g/mol. The lowest BCUT2D eigenvalue weighted by Crippen LogP contribution is -2.36. The first kappa shape index (κ1) is 21.3. The minimum Gasteiger partial charge on any atom is -0.339 e. The van der Waals surface area contributed by atoms with E-state index in [1.807, 2.05) is 17.0 Å². The Labute approximate surface area is 192 Å². The first-order valence-electron chi connectivity index (χ1n) is 11.7. The smallest absolute Gasteiger partial charge is 0.277 e. The molecule has 9 heteroatoms. The van der Waals surface area contributed by atoms with Crippen molar-refractivity contribution in [1.29, 1.82) is 5.26 Å². The van der Waals surface area contributed by atoms with Gasteiger partial charge in [-0.15, -0.1) is 0 Å². The summed E-state index contributed by atoms with van der Waals surface area (Å²) in [5.74, 6) is 0.916. The molecule has 0 saturated carbocycles. The van der Waals surface area contributed by atoms with E-state index in [4.69, 9.17) is 4.98 Å². The Hall–Kier alpha value is -3.51. The van der Waals surface area contributed by atoms with Crippen molar-refractivity contribution in [1.82, 2.24) is 25.1 Å². The standard InChI is InChI=1S/C24H28N8O/c25-13-18-5-4-12-32(16-18)24-28-20-14-26-30-23(33)21(20)22(29-24)27-19-8-6-17(7-9-19)15-31-10-2-1-3-11-31/h6-9,14,18H,1-5,10-12,15-16H2,(H,30,33)(H,27,28,29). The molecule has 9 nitrogen and oxygen atoms in total. The first-order valence-corrected chi connectivity index (χ1v) is 11.7. The largest absolute Gasteiger partial charge is 0.339 e. The molecule has 0 spiro atoms. The Morgan fingerprint density at radius 1 is 1.09 bits per heavy atom. The van der Waals surface area contributed by atoms with Crippen molar-refractivity contribution in [3.05, 3.63) is 46.4 Å². The summed E-state index contributed by atoms with van der Waals surface area (Å²) < 4.78 is 0. The van der Waals surface area contributed by atoms with Crippen LogP contribution in [0.2, 0.25) is 0 Å². The lowest BCUT2D eigenvalue weighted by atomic mass is 10.0. The molecule has 3 aromatic rings. The number of nitriles is 1. The highest BCUT2D eigenvalue weighted by Gasteiger charge is 2.23. The molecular weight excluding hydrogens is 416 g/mol. The van der Waals surface area contributed by atoms with Gasteiger partial charge in [-0.05, 0) is 56.5 Å². The van der Waals surface area contributed by atoms with Crippen molar-refractivity contribution in [2.24, 2.45) is 5.92 Å². The molecule has 0 radical (unpaired) electrons. The van der Waals surface area contributed by atoms with Crippen molar-refractivity contribution in [3.63, 3.8) is 0 Å². The predicted octanol–water partition coefficient (Wildman–Crippen LogP) is 3.18. The maximum Gasteiger partial charge on any atom is 0.277 e. The Kier molecular flexibility index (Phi) is 6.17. The molecule has 2 fully saturated rings. The highest BCUT2D eigenvalue weighted by atomic mass is 16.1. The second-order valence-corrected chi connectivity index (χ2v) is 8.90. The maximum atomic E-state index is 12.6. The second-order valence-electron chi connectivity index (χ2n) is 8.90. The number of rotatable bonds is 5. The van der Waals surface area contributed by atoms with Gasteiger partial charge in [-0.3, -0.25) is 9.69 Å². The number of H-pyrrole nitrogens is 1. The molecule has 0 bridgehead atoms. The van der Waals surface area contributed by atoms with Crippen LogP contribution in [0.15, 0.2) is 35.3 Å². The van der Waals surface area contributed by atoms with E-state index in [-0.39, 0.29) is 11.5 Å². The van der Waals surface area contributed by atoms with Crippen molar-refractivity contribution >= 4 is 28.4 Å². The molecule has 1 atom stereocenters. The van der Waals surface area contributed by atoms with Gasteiger partial charge < -0.3 is 10.2 Å². The van der Waals surface area contributed by atoms with Gasteiger partial charge in [0.15, 0.2) is 0 Å². The van der Waals surface area contributed by atoms with Crippen LogP contribution in [0.25, 0.3) is 10.9 Å².